The number of phenols is 1. The number of hydrogen-bond acceptors (Lipinski definition) is 3. The zero-order valence-electron chi connectivity index (χ0n) is 25.7. The first-order valence-electron chi connectivity index (χ1n) is 14.3. The Bertz CT molecular complexity index is 1760. The maximum Gasteiger partial charge on any atom is 0.275 e. The number of phenolic OH excluding ortho intramolecular Hbond substituents is 1. The van der Waals surface area contributed by atoms with Crippen LogP contribution in [0.1, 0.15) is 86.7 Å². The average Bonchev–Trinajstić information content (AvgIpc) is 3.39. The number of nitrogens with zero attached hydrogens (tertiary/aromatic N) is 2. The summed E-state index contributed by atoms with van der Waals surface area (Å²) in [4.78, 5) is 28.6. The molecular formula is C35H40N4O3. The van der Waals surface area contributed by atoms with Gasteiger partial charge in [-0.3, -0.25) is 19.8 Å². The molecule has 7 heteroatoms. The van der Waals surface area contributed by atoms with E-state index in [1.54, 1.807) is 0 Å². The molecule has 2 aromatic heterocycles. The number of aromatic hydroxyl groups is 1. The lowest BCUT2D eigenvalue weighted by molar-refractivity contribution is 0.437. The second-order valence-electron chi connectivity index (χ2n) is 13.1. The van der Waals surface area contributed by atoms with Crippen molar-refractivity contribution in [1.82, 2.24) is 19.6 Å². The fourth-order valence-electron chi connectivity index (χ4n) is 5.65. The molecule has 5 aromatic rings. The molecule has 0 fully saturated rings. The Balaban J connectivity index is 1.90. The fourth-order valence-corrected chi connectivity index (χ4v) is 5.65. The summed E-state index contributed by atoms with van der Waals surface area (Å²) in [7, 11) is 0. The Kier molecular flexibility index (Phi) is 7.17. The average molecular weight is 565 g/mol. The van der Waals surface area contributed by atoms with Crippen molar-refractivity contribution in [2.45, 2.75) is 72.1 Å². The summed E-state index contributed by atoms with van der Waals surface area (Å²) in [6.07, 6.45) is 0. The Hall–Kier alpha value is -4.52. The highest BCUT2D eigenvalue weighted by Crippen LogP contribution is 2.44. The number of H-pyrrole nitrogens is 2. The first kappa shape index (κ1) is 29.0. The van der Waals surface area contributed by atoms with Gasteiger partial charge < -0.3 is 5.11 Å². The molecule has 5 rings (SSSR count). The van der Waals surface area contributed by atoms with Gasteiger partial charge >= 0.3 is 0 Å². The summed E-state index contributed by atoms with van der Waals surface area (Å²) < 4.78 is 3.01. The molecule has 2 heterocycles. The summed E-state index contributed by atoms with van der Waals surface area (Å²) >= 11 is 0. The first-order valence-corrected chi connectivity index (χ1v) is 14.3. The summed E-state index contributed by atoms with van der Waals surface area (Å²) in [5.41, 5.74) is 4.59. The van der Waals surface area contributed by atoms with Crippen molar-refractivity contribution < 1.29 is 5.11 Å². The Morgan fingerprint density at radius 2 is 1.10 bits per heavy atom. The SMILES string of the molecule is Cc1[nH]n(-c2ccccc2)c(=O)c1C(c1cc(C(C)(C)C)cc(C(C)(C)C)c1O)c1c(C)[nH]n(-c2ccccc2)c1=O. The highest BCUT2D eigenvalue weighted by atomic mass is 16.3. The summed E-state index contributed by atoms with van der Waals surface area (Å²) in [6, 6.07) is 22.7. The van der Waals surface area contributed by atoms with Gasteiger partial charge in [0.1, 0.15) is 5.75 Å². The van der Waals surface area contributed by atoms with Gasteiger partial charge in [-0.25, -0.2) is 9.36 Å². The van der Waals surface area contributed by atoms with Crippen molar-refractivity contribution in [3.63, 3.8) is 0 Å². The number of aromatic amines is 2. The number of nitrogens with one attached hydrogen (secondary N) is 2. The molecule has 3 aromatic carbocycles. The summed E-state index contributed by atoms with van der Waals surface area (Å²) in [5.74, 6) is -0.742. The van der Waals surface area contributed by atoms with Crippen LogP contribution in [0.25, 0.3) is 11.4 Å². The molecule has 0 bridgehead atoms. The number of benzene rings is 3. The van der Waals surface area contributed by atoms with Gasteiger partial charge in [0.2, 0.25) is 0 Å². The molecule has 0 radical (unpaired) electrons. The Labute approximate surface area is 246 Å². The molecule has 42 heavy (non-hydrogen) atoms. The molecule has 0 spiro atoms. The van der Waals surface area contributed by atoms with Crippen molar-refractivity contribution in [2.75, 3.05) is 0 Å². The standard InChI is InChI=1S/C35H40N4O3/c1-21-28(32(41)38(36-21)24-15-11-9-12-16-24)30(29-22(2)37-39(33(29)42)25-17-13-10-14-18-25)26-19-23(34(3,4)5)20-27(31(26)40)35(6,7)8/h9-20,30,36-37,40H,1-8H3. The molecule has 7 nitrogen and oxygen atoms in total. The fraction of sp³-hybridized carbons (Fsp3) is 0.314. The quantitative estimate of drug-likeness (QED) is 0.221. The van der Waals surface area contributed by atoms with E-state index in [1.807, 2.05) is 86.6 Å². The zero-order chi connectivity index (χ0) is 30.6. The number of rotatable bonds is 5. The van der Waals surface area contributed by atoms with E-state index in [-0.39, 0.29) is 27.7 Å². The third-order valence-corrected chi connectivity index (χ3v) is 7.96. The van der Waals surface area contributed by atoms with Gasteiger partial charge in [-0.15, -0.1) is 0 Å². The predicted molar refractivity (Wildman–Crippen MR) is 169 cm³/mol. The lowest BCUT2D eigenvalue weighted by Crippen LogP contribution is -2.26. The van der Waals surface area contributed by atoms with E-state index in [0.29, 0.717) is 39.5 Å². The highest BCUT2D eigenvalue weighted by Gasteiger charge is 2.35. The van der Waals surface area contributed by atoms with E-state index in [2.05, 4.69) is 51.7 Å². The van der Waals surface area contributed by atoms with E-state index in [1.165, 1.54) is 9.36 Å². The number of aromatic nitrogens is 4. The molecule has 0 atom stereocenters. The van der Waals surface area contributed by atoms with E-state index < -0.39 is 5.92 Å². The third-order valence-electron chi connectivity index (χ3n) is 7.96. The Morgan fingerprint density at radius 3 is 1.48 bits per heavy atom. The third kappa shape index (κ3) is 5.04. The molecule has 0 aliphatic rings. The van der Waals surface area contributed by atoms with E-state index >= 15 is 0 Å². The van der Waals surface area contributed by atoms with Crippen LogP contribution in [0.2, 0.25) is 0 Å². The van der Waals surface area contributed by atoms with Crippen LogP contribution < -0.4 is 11.1 Å². The first-order chi connectivity index (χ1) is 19.7. The van der Waals surface area contributed by atoms with Gasteiger partial charge in [0.05, 0.1) is 28.4 Å². The molecule has 0 aliphatic carbocycles. The lowest BCUT2D eigenvalue weighted by atomic mass is 9.75. The van der Waals surface area contributed by atoms with Crippen LogP contribution in [0.5, 0.6) is 5.75 Å². The monoisotopic (exact) mass is 564 g/mol. The van der Waals surface area contributed by atoms with Crippen molar-refractivity contribution in [3.8, 4) is 17.1 Å². The van der Waals surface area contributed by atoms with Crippen LogP contribution in [-0.2, 0) is 10.8 Å². The minimum Gasteiger partial charge on any atom is -0.507 e. The molecule has 218 valence electrons. The second kappa shape index (κ2) is 10.4. The molecular weight excluding hydrogens is 524 g/mol. The summed E-state index contributed by atoms with van der Waals surface area (Å²) in [5, 5.41) is 18.5. The van der Waals surface area contributed by atoms with Gasteiger partial charge in [0, 0.05) is 17.0 Å². The van der Waals surface area contributed by atoms with Gasteiger partial charge in [-0.05, 0) is 60.1 Å². The molecule has 0 saturated carbocycles. The minimum atomic E-state index is -0.837. The van der Waals surface area contributed by atoms with Gasteiger partial charge in [0.25, 0.3) is 11.1 Å². The van der Waals surface area contributed by atoms with Crippen molar-refractivity contribution in [2.24, 2.45) is 0 Å². The van der Waals surface area contributed by atoms with Crippen LogP contribution in [0.4, 0.5) is 0 Å². The van der Waals surface area contributed by atoms with Crippen LogP contribution in [0.15, 0.2) is 82.4 Å². The second-order valence-corrected chi connectivity index (χ2v) is 13.1. The smallest absolute Gasteiger partial charge is 0.275 e. The summed E-state index contributed by atoms with van der Waals surface area (Å²) in [6.45, 7) is 16.2. The van der Waals surface area contributed by atoms with E-state index in [0.717, 1.165) is 11.1 Å². The van der Waals surface area contributed by atoms with Crippen molar-refractivity contribution >= 4 is 0 Å². The number of para-hydroxylation sites is 2. The van der Waals surface area contributed by atoms with Gasteiger partial charge in [-0.2, -0.15) is 0 Å². The van der Waals surface area contributed by atoms with Crippen LogP contribution >= 0.6 is 0 Å². The van der Waals surface area contributed by atoms with Crippen molar-refractivity contribution in [1.29, 1.82) is 0 Å². The van der Waals surface area contributed by atoms with Crippen LogP contribution in [0, 0.1) is 13.8 Å². The Morgan fingerprint density at radius 1 is 0.667 bits per heavy atom. The predicted octanol–water partition coefficient (Wildman–Crippen LogP) is 6.74. The minimum absolute atomic E-state index is 0.0954. The van der Waals surface area contributed by atoms with Crippen molar-refractivity contribution in [3.05, 3.63) is 133 Å². The van der Waals surface area contributed by atoms with Crippen LogP contribution in [-0.4, -0.2) is 24.7 Å². The number of aryl methyl sites for hydroxylation is 2. The van der Waals surface area contributed by atoms with Crippen LogP contribution in [0.3, 0.4) is 0 Å². The lowest BCUT2D eigenvalue weighted by Gasteiger charge is -2.29. The molecule has 0 aliphatic heterocycles. The molecule has 3 N–H and O–H groups in total. The molecule has 0 unspecified atom stereocenters. The van der Waals surface area contributed by atoms with Gasteiger partial charge in [-0.1, -0.05) is 90.1 Å². The highest BCUT2D eigenvalue weighted by molar-refractivity contribution is 5.57. The molecule has 0 amide bonds. The zero-order valence-corrected chi connectivity index (χ0v) is 25.7. The van der Waals surface area contributed by atoms with E-state index in [4.69, 9.17) is 0 Å². The topological polar surface area (TPSA) is 95.8 Å². The largest absolute Gasteiger partial charge is 0.507 e. The molecule has 0 saturated heterocycles. The number of hydrogen-bond donors (Lipinski definition) is 3. The van der Waals surface area contributed by atoms with E-state index in [9.17, 15) is 14.7 Å². The maximum absolute atomic E-state index is 14.3. The maximum atomic E-state index is 14.3. The van der Waals surface area contributed by atoms with Gasteiger partial charge in [0.15, 0.2) is 0 Å². The normalized spacial score (nSPS) is 12.3.